The van der Waals surface area contributed by atoms with Gasteiger partial charge in [0.05, 0.1) is 30.6 Å². The minimum atomic E-state index is -0.233. The Balaban J connectivity index is 1.78. The van der Waals surface area contributed by atoms with Gasteiger partial charge < -0.3 is 14.8 Å². The first kappa shape index (κ1) is 19.8. The molecule has 0 atom stereocenters. The molecule has 0 fully saturated rings. The lowest BCUT2D eigenvalue weighted by atomic mass is 10.1. The standard InChI is InChI=1S/C23H22N6O3/c1-12(2)15-11-20(28-27-15)25-21-13-7-5-6-8-17(13)29-22(30)14-9-18(31-3)19(32-4)10-16(14)24-23(29)26-21/h5-12H,1-4H3,(H2,24,25,26,27,28). The summed E-state index contributed by atoms with van der Waals surface area (Å²) in [5.74, 6) is 2.76. The number of para-hydroxylation sites is 1. The van der Waals surface area contributed by atoms with E-state index in [0.29, 0.717) is 45.5 Å². The number of methoxy groups -OCH3 is 2. The van der Waals surface area contributed by atoms with Crippen LogP contribution in [0, 0.1) is 0 Å². The van der Waals surface area contributed by atoms with Crippen molar-refractivity contribution in [2.24, 2.45) is 0 Å². The van der Waals surface area contributed by atoms with Crippen molar-refractivity contribution in [3.63, 3.8) is 0 Å². The third-order valence-corrected chi connectivity index (χ3v) is 5.43. The second-order valence-electron chi connectivity index (χ2n) is 7.74. The molecule has 9 heteroatoms. The highest BCUT2D eigenvalue weighted by atomic mass is 16.5. The summed E-state index contributed by atoms with van der Waals surface area (Å²) in [7, 11) is 3.07. The number of hydrogen-bond donors (Lipinski definition) is 2. The van der Waals surface area contributed by atoms with Gasteiger partial charge >= 0.3 is 0 Å². The molecule has 3 heterocycles. The SMILES string of the molecule is COc1cc2nc3nc(Nc4cc(C(C)C)[nH]n4)c4ccccc4n3c(=O)c2cc1OC. The Labute approximate surface area is 183 Å². The summed E-state index contributed by atoms with van der Waals surface area (Å²) in [6.45, 7) is 4.18. The maximum absolute atomic E-state index is 13.5. The smallest absolute Gasteiger partial charge is 0.267 e. The predicted molar refractivity (Wildman–Crippen MR) is 123 cm³/mol. The molecule has 162 valence electrons. The van der Waals surface area contributed by atoms with E-state index in [9.17, 15) is 4.79 Å². The Bertz CT molecular complexity index is 1540. The number of benzene rings is 2. The van der Waals surface area contributed by atoms with E-state index in [0.717, 1.165) is 11.1 Å². The van der Waals surface area contributed by atoms with E-state index in [4.69, 9.17) is 9.47 Å². The van der Waals surface area contributed by atoms with Gasteiger partial charge in [-0.25, -0.2) is 9.38 Å². The molecule has 0 aliphatic carbocycles. The summed E-state index contributed by atoms with van der Waals surface area (Å²) >= 11 is 0. The van der Waals surface area contributed by atoms with Crippen LogP contribution in [0.15, 0.2) is 47.3 Å². The van der Waals surface area contributed by atoms with Crippen LogP contribution in [0.1, 0.15) is 25.5 Å². The number of hydrogen-bond acceptors (Lipinski definition) is 7. The Kier molecular flexibility index (Phi) is 4.66. The van der Waals surface area contributed by atoms with Crippen LogP contribution in [-0.2, 0) is 0 Å². The number of aromatic nitrogens is 5. The first-order valence-corrected chi connectivity index (χ1v) is 10.2. The highest BCUT2D eigenvalue weighted by Gasteiger charge is 2.17. The third-order valence-electron chi connectivity index (χ3n) is 5.43. The monoisotopic (exact) mass is 430 g/mol. The van der Waals surface area contributed by atoms with Gasteiger partial charge in [-0.3, -0.25) is 9.89 Å². The van der Waals surface area contributed by atoms with Crippen molar-refractivity contribution in [1.82, 2.24) is 24.6 Å². The van der Waals surface area contributed by atoms with E-state index in [1.165, 1.54) is 11.5 Å². The number of rotatable bonds is 5. The number of H-pyrrole nitrogens is 1. The van der Waals surface area contributed by atoms with E-state index < -0.39 is 0 Å². The quantitative estimate of drug-likeness (QED) is 0.321. The molecule has 2 aromatic carbocycles. The summed E-state index contributed by atoms with van der Waals surface area (Å²) in [5, 5.41) is 11.8. The van der Waals surface area contributed by atoms with Crippen LogP contribution in [0.5, 0.6) is 11.5 Å². The lowest BCUT2D eigenvalue weighted by Crippen LogP contribution is -2.18. The van der Waals surface area contributed by atoms with Crippen LogP contribution in [-0.4, -0.2) is 38.8 Å². The van der Waals surface area contributed by atoms with Crippen molar-refractivity contribution in [2.75, 3.05) is 19.5 Å². The Hall–Kier alpha value is -4.14. The highest BCUT2D eigenvalue weighted by molar-refractivity contribution is 5.94. The summed E-state index contributed by atoms with van der Waals surface area (Å²) in [4.78, 5) is 22.8. The molecule has 5 rings (SSSR count). The van der Waals surface area contributed by atoms with Gasteiger partial charge in [-0.15, -0.1) is 0 Å². The van der Waals surface area contributed by atoms with Gasteiger partial charge in [0.2, 0.25) is 5.78 Å². The summed E-state index contributed by atoms with van der Waals surface area (Å²) < 4.78 is 12.3. The lowest BCUT2D eigenvalue weighted by Gasteiger charge is -2.13. The number of nitrogens with zero attached hydrogens (tertiary/aromatic N) is 4. The zero-order valence-corrected chi connectivity index (χ0v) is 18.1. The van der Waals surface area contributed by atoms with Crippen LogP contribution >= 0.6 is 0 Å². The van der Waals surface area contributed by atoms with Crippen LogP contribution in [0.4, 0.5) is 11.6 Å². The molecular weight excluding hydrogens is 408 g/mol. The molecule has 2 N–H and O–H groups in total. The van der Waals surface area contributed by atoms with Gasteiger partial charge in [0.1, 0.15) is 5.82 Å². The van der Waals surface area contributed by atoms with Crippen LogP contribution < -0.4 is 20.3 Å². The first-order valence-electron chi connectivity index (χ1n) is 10.2. The Morgan fingerprint density at radius 1 is 1.00 bits per heavy atom. The van der Waals surface area contributed by atoms with Gasteiger partial charge in [0, 0.05) is 23.2 Å². The summed E-state index contributed by atoms with van der Waals surface area (Å²) in [6.07, 6.45) is 0. The van der Waals surface area contributed by atoms with Crippen molar-refractivity contribution < 1.29 is 9.47 Å². The van der Waals surface area contributed by atoms with E-state index in [1.54, 1.807) is 19.2 Å². The van der Waals surface area contributed by atoms with Crippen molar-refractivity contribution in [1.29, 1.82) is 0 Å². The number of anilines is 2. The third kappa shape index (κ3) is 3.09. The minimum Gasteiger partial charge on any atom is -0.493 e. The van der Waals surface area contributed by atoms with Crippen molar-refractivity contribution in [3.05, 3.63) is 58.5 Å². The molecule has 0 unspecified atom stereocenters. The number of fused-ring (bicyclic) bond motifs is 4. The second kappa shape index (κ2) is 7.52. The lowest BCUT2D eigenvalue weighted by molar-refractivity contribution is 0.355. The van der Waals surface area contributed by atoms with Crippen LogP contribution in [0.3, 0.4) is 0 Å². The van der Waals surface area contributed by atoms with Gasteiger partial charge in [-0.1, -0.05) is 26.0 Å². The summed E-state index contributed by atoms with van der Waals surface area (Å²) in [5.41, 5.74) is 1.94. The Morgan fingerprint density at radius 2 is 1.75 bits per heavy atom. The maximum Gasteiger partial charge on any atom is 0.267 e. The first-order chi connectivity index (χ1) is 15.5. The molecule has 3 aromatic heterocycles. The summed E-state index contributed by atoms with van der Waals surface area (Å²) in [6, 6.07) is 12.8. The van der Waals surface area contributed by atoms with E-state index in [2.05, 4.69) is 39.3 Å². The molecule has 0 saturated heterocycles. The number of ether oxygens (including phenoxy) is 2. The fraction of sp³-hybridized carbons (Fsp3) is 0.217. The molecule has 9 nitrogen and oxygen atoms in total. The predicted octanol–water partition coefficient (Wildman–Crippen LogP) is 4.00. The average molecular weight is 430 g/mol. The fourth-order valence-electron chi connectivity index (χ4n) is 3.74. The molecule has 0 spiro atoms. The number of nitrogens with one attached hydrogen (secondary N) is 2. The minimum absolute atomic E-state index is 0.233. The normalized spacial score (nSPS) is 11.5. The second-order valence-corrected chi connectivity index (χ2v) is 7.74. The highest BCUT2D eigenvalue weighted by Crippen LogP contribution is 2.31. The average Bonchev–Trinajstić information content (AvgIpc) is 3.27. The van der Waals surface area contributed by atoms with Gasteiger partial charge in [-0.05, 0) is 24.1 Å². The Morgan fingerprint density at radius 3 is 2.47 bits per heavy atom. The fourth-order valence-corrected chi connectivity index (χ4v) is 3.74. The van der Waals surface area contributed by atoms with Gasteiger partial charge in [0.15, 0.2) is 17.3 Å². The van der Waals surface area contributed by atoms with Crippen molar-refractivity contribution in [3.8, 4) is 11.5 Å². The molecule has 0 bridgehead atoms. The van der Waals surface area contributed by atoms with E-state index in [1.807, 2.05) is 30.3 Å². The van der Waals surface area contributed by atoms with E-state index >= 15 is 0 Å². The van der Waals surface area contributed by atoms with Crippen molar-refractivity contribution >= 4 is 39.2 Å². The van der Waals surface area contributed by atoms with Crippen LogP contribution in [0.2, 0.25) is 0 Å². The van der Waals surface area contributed by atoms with Gasteiger partial charge in [-0.2, -0.15) is 10.1 Å². The largest absolute Gasteiger partial charge is 0.493 e. The molecule has 0 aliphatic rings. The van der Waals surface area contributed by atoms with Crippen molar-refractivity contribution in [2.45, 2.75) is 19.8 Å². The maximum atomic E-state index is 13.5. The van der Waals surface area contributed by atoms with E-state index in [-0.39, 0.29) is 11.3 Å². The molecule has 0 saturated carbocycles. The molecule has 0 aliphatic heterocycles. The zero-order valence-electron chi connectivity index (χ0n) is 18.1. The zero-order chi connectivity index (χ0) is 22.4. The van der Waals surface area contributed by atoms with Gasteiger partial charge in [0.25, 0.3) is 5.56 Å². The molecule has 32 heavy (non-hydrogen) atoms. The topological polar surface area (TPSA) is 106 Å². The molecular formula is C23H22N6O3. The molecule has 0 radical (unpaired) electrons. The molecule has 5 aromatic rings. The molecule has 0 amide bonds. The van der Waals surface area contributed by atoms with Crippen LogP contribution in [0.25, 0.3) is 27.6 Å². The number of aromatic amines is 1.